The number of aryl methyl sites for hydroxylation is 1. The number of ether oxygens (including phenoxy) is 1. The van der Waals surface area contributed by atoms with E-state index in [2.05, 4.69) is 0 Å². The van der Waals surface area contributed by atoms with Gasteiger partial charge in [-0.1, -0.05) is 6.07 Å². The van der Waals surface area contributed by atoms with Crippen LogP contribution < -0.4 is 10.5 Å². The lowest BCUT2D eigenvalue weighted by Crippen LogP contribution is -2.03. The Morgan fingerprint density at radius 2 is 2.09 bits per heavy atom. The van der Waals surface area contributed by atoms with Gasteiger partial charge in [-0.2, -0.15) is 0 Å². The summed E-state index contributed by atoms with van der Waals surface area (Å²) in [5.41, 5.74) is 9.95. The Kier molecular flexibility index (Phi) is 3.48. The van der Waals surface area contributed by atoms with Crippen LogP contribution in [-0.4, -0.2) is 18.2 Å². The number of hydrogen-bond acceptors (Lipinski definition) is 3. The first-order valence-electron chi connectivity index (χ1n) is 7.04. The van der Waals surface area contributed by atoms with E-state index in [1.165, 1.54) is 13.2 Å². The van der Waals surface area contributed by atoms with E-state index in [-0.39, 0.29) is 5.56 Å². The minimum atomic E-state index is -1.30. The molecule has 0 heterocycles. The first-order chi connectivity index (χ1) is 10.5. The predicted octanol–water partition coefficient (Wildman–Crippen LogP) is 3.27. The van der Waals surface area contributed by atoms with Gasteiger partial charge in [-0.25, -0.2) is 9.18 Å². The topological polar surface area (TPSA) is 72.5 Å². The number of fused-ring (bicyclic) bond motifs is 1. The van der Waals surface area contributed by atoms with Crippen LogP contribution in [-0.2, 0) is 12.8 Å². The monoisotopic (exact) mass is 301 g/mol. The molecule has 0 saturated carbocycles. The van der Waals surface area contributed by atoms with Gasteiger partial charge >= 0.3 is 5.97 Å². The van der Waals surface area contributed by atoms with Crippen LogP contribution in [0.4, 0.5) is 10.1 Å². The molecule has 2 aromatic rings. The zero-order valence-electron chi connectivity index (χ0n) is 12.1. The number of nitrogen functional groups attached to an aromatic ring is 1. The molecular weight excluding hydrogens is 285 g/mol. The number of halogens is 1. The summed E-state index contributed by atoms with van der Waals surface area (Å²) in [6, 6.07) is 5.98. The van der Waals surface area contributed by atoms with Crippen LogP contribution in [0.15, 0.2) is 24.3 Å². The lowest BCUT2D eigenvalue weighted by Gasteiger charge is -2.16. The minimum absolute atomic E-state index is 0.362. The fourth-order valence-electron chi connectivity index (χ4n) is 3.05. The van der Waals surface area contributed by atoms with Crippen molar-refractivity contribution in [2.75, 3.05) is 12.8 Å². The van der Waals surface area contributed by atoms with E-state index in [0.29, 0.717) is 22.6 Å². The highest BCUT2D eigenvalue weighted by Gasteiger charge is 2.22. The molecule has 3 rings (SSSR count). The average Bonchev–Trinajstić information content (AvgIpc) is 2.96. The number of hydrogen-bond donors (Lipinski definition) is 2. The standard InChI is InChI=1S/C17H16FNO3/c1-22-16-12(7-9-3-2-4-11(9)15(16)19)10-5-6-14(18)13(8-10)17(20)21/h5-8H,2-4,19H2,1H3,(H,20,21). The highest BCUT2D eigenvalue weighted by atomic mass is 19.1. The molecular formula is C17H16FNO3. The zero-order chi connectivity index (χ0) is 15.9. The molecule has 1 aliphatic carbocycles. The molecule has 0 atom stereocenters. The van der Waals surface area contributed by atoms with E-state index >= 15 is 0 Å². The molecule has 0 bridgehead atoms. The molecule has 0 amide bonds. The summed E-state index contributed by atoms with van der Waals surface area (Å²) >= 11 is 0. The second-order valence-electron chi connectivity index (χ2n) is 5.36. The number of carboxylic acid groups (broad SMARTS) is 1. The highest BCUT2D eigenvalue weighted by molar-refractivity contribution is 5.91. The smallest absolute Gasteiger partial charge is 0.338 e. The largest absolute Gasteiger partial charge is 0.494 e. The van der Waals surface area contributed by atoms with Crippen LogP contribution in [0.2, 0.25) is 0 Å². The molecule has 4 nitrogen and oxygen atoms in total. The van der Waals surface area contributed by atoms with Crippen molar-refractivity contribution in [3.05, 3.63) is 46.8 Å². The van der Waals surface area contributed by atoms with Crippen molar-refractivity contribution in [3.8, 4) is 16.9 Å². The van der Waals surface area contributed by atoms with Crippen LogP contribution in [0, 0.1) is 5.82 Å². The Hall–Kier alpha value is -2.56. The van der Waals surface area contributed by atoms with Gasteiger partial charge in [0.1, 0.15) is 11.6 Å². The quantitative estimate of drug-likeness (QED) is 0.853. The number of nitrogens with two attached hydrogens (primary N) is 1. The van der Waals surface area contributed by atoms with E-state index in [1.54, 1.807) is 6.07 Å². The van der Waals surface area contributed by atoms with Crippen molar-refractivity contribution in [1.29, 1.82) is 0 Å². The van der Waals surface area contributed by atoms with Gasteiger partial charge in [-0.15, -0.1) is 0 Å². The third-order valence-electron chi connectivity index (χ3n) is 4.11. The van der Waals surface area contributed by atoms with Gasteiger partial charge in [0.25, 0.3) is 0 Å². The number of aromatic carboxylic acids is 1. The third-order valence-corrected chi connectivity index (χ3v) is 4.11. The maximum absolute atomic E-state index is 13.6. The number of anilines is 1. The van der Waals surface area contributed by atoms with Gasteiger partial charge in [0.15, 0.2) is 0 Å². The Bertz CT molecular complexity index is 771. The van der Waals surface area contributed by atoms with Crippen LogP contribution in [0.25, 0.3) is 11.1 Å². The molecule has 0 aliphatic heterocycles. The predicted molar refractivity (Wildman–Crippen MR) is 81.8 cm³/mol. The molecule has 1 aliphatic rings. The lowest BCUT2D eigenvalue weighted by atomic mass is 9.96. The van der Waals surface area contributed by atoms with E-state index in [4.69, 9.17) is 15.6 Å². The number of carbonyl (C=O) groups is 1. The maximum atomic E-state index is 13.6. The van der Waals surface area contributed by atoms with Crippen molar-refractivity contribution < 1.29 is 19.0 Å². The fourth-order valence-corrected chi connectivity index (χ4v) is 3.05. The Morgan fingerprint density at radius 1 is 1.32 bits per heavy atom. The van der Waals surface area contributed by atoms with Gasteiger partial charge in [-0.05, 0) is 54.2 Å². The van der Waals surface area contributed by atoms with Crippen molar-refractivity contribution >= 4 is 11.7 Å². The molecule has 0 fully saturated rings. The maximum Gasteiger partial charge on any atom is 0.338 e. The number of rotatable bonds is 3. The van der Waals surface area contributed by atoms with Crippen molar-refractivity contribution in [2.45, 2.75) is 19.3 Å². The van der Waals surface area contributed by atoms with E-state index < -0.39 is 11.8 Å². The van der Waals surface area contributed by atoms with Gasteiger partial charge in [-0.3, -0.25) is 0 Å². The Balaban J connectivity index is 2.22. The minimum Gasteiger partial charge on any atom is -0.494 e. The van der Waals surface area contributed by atoms with Gasteiger partial charge in [0.2, 0.25) is 0 Å². The zero-order valence-corrected chi connectivity index (χ0v) is 12.1. The molecule has 0 unspecified atom stereocenters. The SMILES string of the molecule is COc1c(-c2ccc(F)c(C(=O)O)c2)cc2c(c1N)CCC2. The van der Waals surface area contributed by atoms with Crippen LogP contribution in [0.5, 0.6) is 5.75 Å². The van der Waals surface area contributed by atoms with Gasteiger partial charge < -0.3 is 15.6 Å². The molecule has 3 N–H and O–H groups in total. The van der Waals surface area contributed by atoms with E-state index in [0.717, 1.165) is 36.5 Å². The van der Waals surface area contributed by atoms with Crippen LogP contribution in [0.1, 0.15) is 27.9 Å². The second kappa shape index (κ2) is 5.33. The summed E-state index contributed by atoms with van der Waals surface area (Å²) in [6.45, 7) is 0. The van der Waals surface area contributed by atoms with Crippen LogP contribution >= 0.6 is 0 Å². The summed E-state index contributed by atoms with van der Waals surface area (Å²) in [5, 5.41) is 9.08. The molecule has 22 heavy (non-hydrogen) atoms. The molecule has 0 radical (unpaired) electrons. The van der Waals surface area contributed by atoms with Crippen LogP contribution in [0.3, 0.4) is 0 Å². The van der Waals surface area contributed by atoms with Crippen molar-refractivity contribution in [2.24, 2.45) is 0 Å². The molecule has 0 spiro atoms. The first kappa shape index (κ1) is 14.4. The molecule has 114 valence electrons. The Morgan fingerprint density at radius 3 is 2.77 bits per heavy atom. The average molecular weight is 301 g/mol. The summed E-state index contributed by atoms with van der Waals surface area (Å²) in [7, 11) is 1.53. The number of methoxy groups -OCH3 is 1. The molecule has 0 aromatic heterocycles. The first-order valence-corrected chi connectivity index (χ1v) is 7.04. The fraction of sp³-hybridized carbons (Fsp3) is 0.235. The normalized spacial score (nSPS) is 13.0. The summed E-state index contributed by atoms with van der Waals surface area (Å²) in [6.07, 6.45) is 2.89. The van der Waals surface area contributed by atoms with Crippen molar-refractivity contribution in [3.63, 3.8) is 0 Å². The molecule has 2 aromatic carbocycles. The Labute approximate surface area is 127 Å². The van der Waals surface area contributed by atoms with E-state index in [1.807, 2.05) is 6.07 Å². The highest BCUT2D eigenvalue weighted by Crippen LogP contribution is 2.42. The second-order valence-corrected chi connectivity index (χ2v) is 5.36. The molecule has 0 saturated heterocycles. The van der Waals surface area contributed by atoms with Gasteiger partial charge in [0, 0.05) is 5.56 Å². The summed E-state index contributed by atoms with van der Waals surface area (Å²) in [4.78, 5) is 11.1. The lowest BCUT2D eigenvalue weighted by molar-refractivity contribution is 0.0692. The van der Waals surface area contributed by atoms with Gasteiger partial charge in [0.05, 0.1) is 18.4 Å². The summed E-state index contributed by atoms with van der Waals surface area (Å²) < 4.78 is 19.0. The molecule has 5 heteroatoms. The van der Waals surface area contributed by atoms with E-state index in [9.17, 15) is 9.18 Å². The van der Waals surface area contributed by atoms with Crippen molar-refractivity contribution in [1.82, 2.24) is 0 Å². The number of benzene rings is 2. The third kappa shape index (κ3) is 2.19. The summed E-state index contributed by atoms with van der Waals surface area (Å²) in [5.74, 6) is -1.54. The number of carboxylic acids is 1.